The van der Waals surface area contributed by atoms with E-state index in [1.54, 1.807) is 21.3 Å². The van der Waals surface area contributed by atoms with E-state index in [0.29, 0.717) is 18.6 Å². The molecular formula is C31H34N2O4. The predicted octanol–water partition coefficient (Wildman–Crippen LogP) is 6.53. The van der Waals surface area contributed by atoms with Crippen molar-refractivity contribution in [3.63, 3.8) is 0 Å². The molecule has 0 bridgehead atoms. The summed E-state index contributed by atoms with van der Waals surface area (Å²) in [6.45, 7) is 2.36. The molecule has 1 saturated carbocycles. The molecule has 0 amide bonds. The molecule has 1 fully saturated rings. The first kappa shape index (κ1) is 24.9. The average molecular weight is 499 g/mol. The third-order valence-corrected chi connectivity index (χ3v) is 7.38. The van der Waals surface area contributed by atoms with Gasteiger partial charge in [-0.25, -0.2) is 0 Å². The third kappa shape index (κ3) is 5.19. The van der Waals surface area contributed by atoms with E-state index in [1.807, 2.05) is 31.2 Å². The van der Waals surface area contributed by atoms with Crippen LogP contribution in [0.4, 0.5) is 0 Å². The summed E-state index contributed by atoms with van der Waals surface area (Å²) < 4.78 is 16.5. The second kappa shape index (κ2) is 11.1. The smallest absolute Gasteiger partial charge is 0.161 e. The highest BCUT2D eigenvalue weighted by Gasteiger charge is 2.34. The minimum absolute atomic E-state index is 0.292. The van der Waals surface area contributed by atoms with Crippen molar-refractivity contribution in [1.29, 1.82) is 0 Å². The summed E-state index contributed by atoms with van der Waals surface area (Å²) in [5, 5.41) is 4.39. The van der Waals surface area contributed by atoms with Crippen molar-refractivity contribution in [1.82, 2.24) is 0 Å². The van der Waals surface area contributed by atoms with Crippen molar-refractivity contribution < 1.29 is 19.0 Å². The molecule has 0 spiro atoms. The Morgan fingerprint density at radius 3 is 2.41 bits per heavy atom. The van der Waals surface area contributed by atoms with Gasteiger partial charge in [-0.3, -0.25) is 4.99 Å². The highest BCUT2D eigenvalue weighted by Crippen LogP contribution is 2.44. The molecule has 37 heavy (non-hydrogen) atoms. The van der Waals surface area contributed by atoms with Crippen LogP contribution in [0.1, 0.15) is 66.3 Å². The summed E-state index contributed by atoms with van der Waals surface area (Å²) in [6, 6.07) is 20.7. The van der Waals surface area contributed by atoms with Gasteiger partial charge in [0, 0.05) is 17.0 Å². The maximum atomic E-state index is 5.66. The van der Waals surface area contributed by atoms with Crippen molar-refractivity contribution >= 4 is 11.4 Å². The zero-order chi connectivity index (χ0) is 25.8. The van der Waals surface area contributed by atoms with Crippen LogP contribution in [0.5, 0.6) is 17.2 Å². The highest BCUT2D eigenvalue weighted by atomic mass is 16.6. The summed E-state index contributed by atoms with van der Waals surface area (Å²) in [7, 11) is 5.04. The first-order valence-electron chi connectivity index (χ1n) is 12.9. The number of nitrogens with zero attached hydrogens (tertiary/aromatic N) is 2. The molecule has 0 radical (unpaired) electrons. The van der Waals surface area contributed by atoms with Crippen LogP contribution in [0.15, 0.2) is 70.8 Å². The predicted molar refractivity (Wildman–Crippen MR) is 147 cm³/mol. The fraction of sp³-hybridized carbons (Fsp3) is 0.355. The normalized spacial score (nSPS) is 18.8. The van der Waals surface area contributed by atoms with Crippen LogP contribution in [-0.4, -0.2) is 38.8 Å². The summed E-state index contributed by atoms with van der Waals surface area (Å²) in [6.07, 6.45) is 4.72. The van der Waals surface area contributed by atoms with E-state index >= 15 is 0 Å². The van der Waals surface area contributed by atoms with Crippen LogP contribution in [0, 0.1) is 0 Å². The van der Waals surface area contributed by atoms with Gasteiger partial charge in [0.1, 0.15) is 12.4 Å². The van der Waals surface area contributed by atoms with E-state index in [2.05, 4.69) is 41.6 Å². The Hall–Kier alpha value is -3.80. The van der Waals surface area contributed by atoms with Crippen molar-refractivity contribution in [2.45, 2.75) is 51.2 Å². The first-order valence-corrected chi connectivity index (χ1v) is 12.9. The standard InChI is InChI=1S/C31H34N2O4/c1-20(33-37-19-21-12-14-24(34-2)15-13-21)22-8-7-9-23(16-22)31-27-18-30(36-4)29(35-3)17-26(27)25-10-5-6-11-28(25)32-31/h7-9,12-18,25,28H,5-6,10-11,19H2,1-4H3/b33-20+/t25-,28-/m1/s1. The van der Waals surface area contributed by atoms with Gasteiger partial charge in [-0.15, -0.1) is 0 Å². The number of oxime groups is 1. The second-order valence-electron chi connectivity index (χ2n) is 9.61. The quantitative estimate of drug-likeness (QED) is 0.262. The molecule has 6 heteroatoms. The Morgan fingerprint density at radius 1 is 0.892 bits per heavy atom. The van der Waals surface area contributed by atoms with E-state index in [9.17, 15) is 0 Å². The number of aliphatic imine (C=N–C) groups is 1. The molecule has 1 heterocycles. The molecule has 0 N–H and O–H groups in total. The number of hydrogen-bond donors (Lipinski definition) is 0. The van der Waals surface area contributed by atoms with Gasteiger partial charge in [0.2, 0.25) is 0 Å². The Labute approximate surface area is 218 Å². The highest BCUT2D eigenvalue weighted by molar-refractivity contribution is 6.16. The Morgan fingerprint density at radius 2 is 1.65 bits per heavy atom. The van der Waals surface area contributed by atoms with Gasteiger partial charge in [0.05, 0.1) is 38.8 Å². The van der Waals surface area contributed by atoms with Gasteiger partial charge in [-0.1, -0.05) is 48.3 Å². The van der Waals surface area contributed by atoms with Crippen LogP contribution in [0.2, 0.25) is 0 Å². The molecular weight excluding hydrogens is 464 g/mol. The molecule has 192 valence electrons. The minimum atomic E-state index is 0.292. The van der Waals surface area contributed by atoms with E-state index < -0.39 is 0 Å². The van der Waals surface area contributed by atoms with Crippen LogP contribution < -0.4 is 14.2 Å². The molecule has 3 aromatic rings. The fourth-order valence-corrected chi connectivity index (χ4v) is 5.37. The lowest BCUT2D eigenvalue weighted by Crippen LogP contribution is -2.29. The van der Waals surface area contributed by atoms with Crippen molar-refractivity contribution in [2.75, 3.05) is 21.3 Å². The van der Waals surface area contributed by atoms with Crippen molar-refractivity contribution in [3.8, 4) is 17.2 Å². The maximum Gasteiger partial charge on any atom is 0.161 e. The molecule has 1 aliphatic heterocycles. The first-order chi connectivity index (χ1) is 18.1. The van der Waals surface area contributed by atoms with E-state index in [1.165, 1.54) is 18.4 Å². The minimum Gasteiger partial charge on any atom is -0.497 e. The van der Waals surface area contributed by atoms with Gasteiger partial charge in [-0.05, 0) is 66.8 Å². The molecule has 6 nitrogen and oxygen atoms in total. The van der Waals surface area contributed by atoms with E-state index in [-0.39, 0.29) is 0 Å². The lowest BCUT2D eigenvalue weighted by atomic mass is 9.75. The number of rotatable bonds is 8. The zero-order valence-electron chi connectivity index (χ0n) is 22.0. The van der Waals surface area contributed by atoms with Gasteiger partial charge in [-0.2, -0.15) is 0 Å². The summed E-state index contributed by atoms with van der Waals surface area (Å²) in [5.41, 5.74) is 7.37. The van der Waals surface area contributed by atoms with Crippen LogP contribution in [-0.2, 0) is 11.4 Å². The molecule has 0 aromatic heterocycles. The third-order valence-electron chi connectivity index (χ3n) is 7.38. The topological polar surface area (TPSA) is 61.6 Å². The van der Waals surface area contributed by atoms with Gasteiger partial charge < -0.3 is 19.0 Å². The summed E-state index contributed by atoms with van der Waals surface area (Å²) >= 11 is 0. The number of ether oxygens (including phenoxy) is 3. The lowest BCUT2D eigenvalue weighted by Gasteiger charge is -2.35. The zero-order valence-corrected chi connectivity index (χ0v) is 22.0. The molecule has 0 unspecified atom stereocenters. The second-order valence-corrected chi connectivity index (χ2v) is 9.61. The number of benzene rings is 3. The number of methoxy groups -OCH3 is 3. The van der Waals surface area contributed by atoms with Crippen LogP contribution in [0.25, 0.3) is 0 Å². The molecule has 2 atom stereocenters. The van der Waals surface area contributed by atoms with Gasteiger partial charge >= 0.3 is 0 Å². The fourth-order valence-electron chi connectivity index (χ4n) is 5.37. The number of hydrogen-bond acceptors (Lipinski definition) is 6. The average Bonchev–Trinajstić information content (AvgIpc) is 2.96. The van der Waals surface area contributed by atoms with Crippen LogP contribution in [0.3, 0.4) is 0 Å². The molecule has 5 rings (SSSR count). The Kier molecular flexibility index (Phi) is 7.45. The molecule has 3 aromatic carbocycles. The SMILES string of the molecule is COc1ccc(CO/N=C(\C)c2cccc(C3=N[C@@H]4CCCC[C@@H]4c4cc(OC)c(OC)cc43)c2)cc1. The molecule has 1 aliphatic carbocycles. The summed E-state index contributed by atoms with van der Waals surface area (Å²) in [4.78, 5) is 11.0. The van der Waals surface area contributed by atoms with E-state index in [4.69, 9.17) is 24.0 Å². The Balaban J connectivity index is 1.43. The van der Waals surface area contributed by atoms with Crippen molar-refractivity contribution in [2.24, 2.45) is 10.1 Å². The number of fused-ring (bicyclic) bond motifs is 3. The van der Waals surface area contributed by atoms with E-state index in [0.717, 1.165) is 63.8 Å². The Bertz CT molecular complexity index is 1310. The molecule has 0 saturated heterocycles. The van der Waals surface area contributed by atoms with Gasteiger partial charge in [0.15, 0.2) is 11.5 Å². The van der Waals surface area contributed by atoms with Crippen molar-refractivity contribution in [3.05, 3.63) is 88.5 Å². The monoisotopic (exact) mass is 498 g/mol. The summed E-state index contributed by atoms with van der Waals surface area (Å²) in [5.74, 6) is 2.75. The maximum absolute atomic E-state index is 5.66. The largest absolute Gasteiger partial charge is 0.497 e. The van der Waals surface area contributed by atoms with Gasteiger partial charge in [0.25, 0.3) is 0 Å². The molecule has 2 aliphatic rings. The van der Waals surface area contributed by atoms with Crippen LogP contribution >= 0.6 is 0 Å². The lowest BCUT2D eigenvalue weighted by molar-refractivity contribution is 0.130.